The van der Waals surface area contributed by atoms with Crippen LogP contribution in [0.4, 0.5) is 4.39 Å². The summed E-state index contributed by atoms with van der Waals surface area (Å²) in [5.41, 5.74) is 0.634. The van der Waals surface area contributed by atoms with E-state index in [0.29, 0.717) is 29.7 Å². The smallest absolute Gasteiger partial charge is 0.169 e. The third kappa shape index (κ3) is 4.46. The first-order valence-corrected chi connectivity index (χ1v) is 6.84. The van der Waals surface area contributed by atoms with Gasteiger partial charge in [-0.2, -0.15) is 0 Å². The zero-order valence-electron chi connectivity index (χ0n) is 11.0. The maximum atomic E-state index is 13.8. The van der Waals surface area contributed by atoms with Gasteiger partial charge in [0.2, 0.25) is 0 Å². The van der Waals surface area contributed by atoms with E-state index in [9.17, 15) is 4.39 Å². The molecule has 1 atom stereocenters. The van der Waals surface area contributed by atoms with Crippen molar-refractivity contribution in [2.45, 2.75) is 26.3 Å². The van der Waals surface area contributed by atoms with Crippen LogP contribution < -0.4 is 10.1 Å². The van der Waals surface area contributed by atoms with E-state index in [1.165, 1.54) is 7.11 Å². The van der Waals surface area contributed by atoms with Gasteiger partial charge in [0.05, 0.1) is 7.11 Å². The molecule has 0 aliphatic rings. The van der Waals surface area contributed by atoms with Crippen molar-refractivity contribution in [3.8, 4) is 5.75 Å². The van der Waals surface area contributed by atoms with Gasteiger partial charge < -0.3 is 10.1 Å². The molecule has 0 amide bonds. The molecule has 1 aromatic carbocycles. The number of hydrogen-bond acceptors (Lipinski definition) is 2. The lowest BCUT2D eigenvalue weighted by molar-refractivity contribution is 0.382. The fraction of sp³-hybridized carbons (Fsp3) is 0.571. The quantitative estimate of drug-likeness (QED) is 0.731. The lowest BCUT2D eigenvalue weighted by atomic mass is 10.0. The van der Waals surface area contributed by atoms with Gasteiger partial charge in [0, 0.05) is 18.0 Å². The third-order valence-corrected chi connectivity index (χ3v) is 3.32. The normalized spacial score (nSPS) is 12.4. The molecule has 102 valence electrons. The summed E-state index contributed by atoms with van der Waals surface area (Å²) in [7, 11) is 1.48. The molecule has 4 heteroatoms. The van der Waals surface area contributed by atoms with Gasteiger partial charge in [-0.1, -0.05) is 25.5 Å². The second-order valence-electron chi connectivity index (χ2n) is 4.32. The summed E-state index contributed by atoms with van der Waals surface area (Å²) in [6, 6.07) is 5.20. The van der Waals surface area contributed by atoms with Gasteiger partial charge in [-0.15, -0.1) is 11.6 Å². The molecule has 1 rings (SSSR count). The lowest BCUT2D eigenvalue weighted by Crippen LogP contribution is -2.23. The monoisotopic (exact) mass is 273 g/mol. The van der Waals surface area contributed by atoms with Crippen LogP contribution in [0.2, 0.25) is 0 Å². The fourth-order valence-corrected chi connectivity index (χ4v) is 2.17. The van der Waals surface area contributed by atoms with Crippen LogP contribution >= 0.6 is 11.6 Å². The Morgan fingerprint density at radius 1 is 1.44 bits per heavy atom. The molecular weight excluding hydrogens is 253 g/mol. The van der Waals surface area contributed by atoms with Crippen molar-refractivity contribution < 1.29 is 9.13 Å². The van der Waals surface area contributed by atoms with Crippen LogP contribution in [-0.2, 0) is 6.54 Å². The first-order chi connectivity index (χ1) is 8.72. The van der Waals surface area contributed by atoms with Crippen LogP contribution in [0, 0.1) is 11.7 Å². The summed E-state index contributed by atoms with van der Waals surface area (Å²) >= 11 is 5.73. The van der Waals surface area contributed by atoms with Crippen LogP contribution in [0.15, 0.2) is 18.2 Å². The third-order valence-electron chi connectivity index (χ3n) is 3.11. The SMILES string of the molecule is CCC(CCCl)CNCc1cccc(OC)c1F. The first kappa shape index (κ1) is 15.3. The molecule has 18 heavy (non-hydrogen) atoms. The number of alkyl halides is 1. The molecule has 0 heterocycles. The highest BCUT2D eigenvalue weighted by molar-refractivity contribution is 6.17. The summed E-state index contributed by atoms with van der Waals surface area (Å²) in [6.07, 6.45) is 2.08. The molecule has 0 aliphatic carbocycles. The van der Waals surface area contributed by atoms with Crippen molar-refractivity contribution in [3.05, 3.63) is 29.6 Å². The number of ether oxygens (including phenoxy) is 1. The number of hydrogen-bond donors (Lipinski definition) is 1. The minimum absolute atomic E-state index is 0.280. The van der Waals surface area contributed by atoms with Crippen molar-refractivity contribution >= 4 is 11.6 Å². The summed E-state index contributed by atoms with van der Waals surface area (Å²) in [5.74, 6) is 1.24. The second kappa shape index (κ2) is 8.33. The summed E-state index contributed by atoms with van der Waals surface area (Å²) < 4.78 is 18.8. The highest BCUT2D eigenvalue weighted by Gasteiger charge is 2.09. The van der Waals surface area contributed by atoms with E-state index in [2.05, 4.69) is 12.2 Å². The minimum Gasteiger partial charge on any atom is -0.494 e. The van der Waals surface area contributed by atoms with Crippen molar-refractivity contribution in [3.63, 3.8) is 0 Å². The number of nitrogens with one attached hydrogen (secondary N) is 1. The molecule has 0 fully saturated rings. The van der Waals surface area contributed by atoms with Crippen LogP contribution in [0.5, 0.6) is 5.75 Å². The summed E-state index contributed by atoms with van der Waals surface area (Å²) in [4.78, 5) is 0. The average molecular weight is 274 g/mol. The van der Waals surface area contributed by atoms with Gasteiger partial charge in [0.15, 0.2) is 11.6 Å². The Morgan fingerprint density at radius 2 is 2.22 bits per heavy atom. The maximum absolute atomic E-state index is 13.8. The molecule has 0 spiro atoms. The van der Waals surface area contributed by atoms with Crippen LogP contribution in [-0.4, -0.2) is 19.5 Å². The van der Waals surface area contributed by atoms with E-state index in [1.807, 2.05) is 0 Å². The Morgan fingerprint density at radius 3 is 2.83 bits per heavy atom. The maximum Gasteiger partial charge on any atom is 0.169 e. The molecule has 0 bridgehead atoms. The largest absolute Gasteiger partial charge is 0.494 e. The van der Waals surface area contributed by atoms with Crippen molar-refractivity contribution in [1.29, 1.82) is 0 Å². The minimum atomic E-state index is -0.280. The Labute approximate surface area is 113 Å². The van der Waals surface area contributed by atoms with Gasteiger partial charge in [-0.25, -0.2) is 4.39 Å². The Kier molecular flexibility index (Phi) is 7.06. The van der Waals surface area contributed by atoms with Crippen LogP contribution in [0.3, 0.4) is 0 Å². The Balaban J connectivity index is 2.48. The van der Waals surface area contributed by atoms with Crippen LogP contribution in [0.25, 0.3) is 0 Å². The molecule has 1 aromatic rings. The zero-order chi connectivity index (χ0) is 13.4. The molecule has 2 nitrogen and oxygen atoms in total. The average Bonchev–Trinajstić information content (AvgIpc) is 2.39. The van der Waals surface area contributed by atoms with E-state index in [-0.39, 0.29) is 5.82 Å². The molecule has 0 aromatic heterocycles. The first-order valence-electron chi connectivity index (χ1n) is 6.31. The van der Waals surface area contributed by atoms with Gasteiger partial charge in [0.1, 0.15) is 0 Å². The van der Waals surface area contributed by atoms with Gasteiger partial charge >= 0.3 is 0 Å². The van der Waals surface area contributed by atoms with Gasteiger partial charge in [0.25, 0.3) is 0 Å². The Bertz CT molecular complexity index is 360. The fourth-order valence-electron chi connectivity index (χ4n) is 1.87. The number of methoxy groups -OCH3 is 1. The highest BCUT2D eigenvalue weighted by Crippen LogP contribution is 2.19. The number of benzene rings is 1. The Hall–Kier alpha value is -0.800. The van der Waals surface area contributed by atoms with Crippen molar-refractivity contribution in [1.82, 2.24) is 5.32 Å². The molecule has 0 saturated heterocycles. The predicted octanol–water partition coefficient (Wildman–Crippen LogP) is 3.58. The number of halogens is 2. The van der Waals surface area contributed by atoms with E-state index in [1.54, 1.807) is 18.2 Å². The molecular formula is C14H21ClFNO. The number of rotatable bonds is 8. The molecule has 0 aliphatic heterocycles. The second-order valence-corrected chi connectivity index (χ2v) is 4.69. The van der Waals surface area contributed by atoms with Crippen molar-refractivity contribution in [2.75, 3.05) is 19.5 Å². The van der Waals surface area contributed by atoms with Gasteiger partial charge in [-0.3, -0.25) is 0 Å². The molecule has 1 N–H and O–H groups in total. The molecule has 1 unspecified atom stereocenters. The van der Waals surface area contributed by atoms with E-state index >= 15 is 0 Å². The van der Waals surface area contributed by atoms with Gasteiger partial charge in [-0.05, 0) is 24.9 Å². The van der Waals surface area contributed by atoms with E-state index in [0.717, 1.165) is 19.4 Å². The van der Waals surface area contributed by atoms with E-state index < -0.39 is 0 Å². The summed E-state index contributed by atoms with van der Waals surface area (Å²) in [6.45, 7) is 3.52. The van der Waals surface area contributed by atoms with E-state index in [4.69, 9.17) is 16.3 Å². The molecule has 0 radical (unpaired) electrons. The zero-order valence-corrected chi connectivity index (χ0v) is 11.8. The summed E-state index contributed by atoms with van der Waals surface area (Å²) in [5, 5.41) is 3.28. The predicted molar refractivity (Wildman–Crippen MR) is 73.8 cm³/mol. The topological polar surface area (TPSA) is 21.3 Å². The lowest BCUT2D eigenvalue weighted by Gasteiger charge is -2.14. The highest BCUT2D eigenvalue weighted by atomic mass is 35.5. The van der Waals surface area contributed by atoms with Crippen molar-refractivity contribution in [2.24, 2.45) is 5.92 Å². The molecule has 0 saturated carbocycles. The van der Waals surface area contributed by atoms with Crippen LogP contribution in [0.1, 0.15) is 25.3 Å². The standard InChI is InChI=1S/C14H21ClFNO/c1-3-11(7-8-15)9-17-10-12-5-4-6-13(18-2)14(12)16/h4-6,11,17H,3,7-10H2,1-2H3.